The summed E-state index contributed by atoms with van der Waals surface area (Å²) in [6, 6.07) is 6.80. The van der Waals surface area contributed by atoms with Crippen LogP contribution in [0.25, 0.3) is 5.69 Å². The van der Waals surface area contributed by atoms with Crippen molar-refractivity contribution in [2.45, 2.75) is 0 Å². The van der Waals surface area contributed by atoms with E-state index in [1.165, 1.54) is 10.9 Å². The number of benzene rings is 1. The zero-order chi connectivity index (χ0) is 9.97. The lowest BCUT2D eigenvalue weighted by molar-refractivity contribution is 0.112. The molecule has 0 saturated heterocycles. The molecule has 0 aliphatic heterocycles. The standard InChI is InChI=1S/C10H8N2O2/c13-7-8-5-11-12(6-8)9-3-1-2-4-10(9)14/h1-7,14H. The van der Waals surface area contributed by atoms with Crippen LogP contribution in [0.4, 0.5) is 0 Å². The number of phenolic OH excluding ortho intramolecular Hbond substituents is 1. The highest BCUT2D eigenvalue weighted by Crippen LogP contribution is 2.19. The maximum atomic E-state index is 10.4. The van der Waals surface area contributed by atoms with E-state index in [4.69, 9.17) is 0 Å². The van der Waals surface area contributed by atoms with Gasteiger partial charge >= 0.3 is 0 Å². The Bertz CT molecular complexity index is 463. The summed E-state index contributed by atoms with van der Waals surface area (Å²) in [5.74, 6) is 0.132. The number of para-hydroxylation sites is 2. The number of rotatable bonds is 2. The van der Waals surface area contributed by atoms with E-state index in [2.05, 4.69) is 5.10 Å². The predicted molar refractivity (Wildman–Crippen MR) is 50.6 cm³/mol. The average Bonchev–Trinajstić information content (AvgIpc) is 2.67. The Kier molecular flexibility index (Phi) is 2.02. The average molecular weight is 188 g/mol. The number of carbonyl (C=O) groups is 1. The Morgan fingerprint density at radius 1 is 1.36 bits per heavy atom. The van der Waals surface area contributed by atoms with E-state index in [1.54, 1.807) is 30.5 Å². The smallest absolute Gasteiger partial charge is 0.153 e. The fourth-order valence-corrected chi connectivity index (χ4v) is 1.19. The van der Waals surface area contributed by atoms with Crippen LogP contribution in [0.5, 0.6) is 5.75 Å². The van der Waals surface area contributed by atoms with Gasteiger partial charge in [-0.1, -0.05) is 12.1 Å². The minimum atomic E-state index is 0.132. The Morgan fingerprint density at radius 2 is 2.14 bits per heavy atom. The van der Waals surface area contributed by atoms with Gasteiger partial charge in [-0.25, -0.2) is 4.68 Å². The molecular weight excluding hydrogens is 180 g/mol. The van der Waals surface area contributed by atoms with Gasteiger partial charge in [0, 0.05) is 6.20 Å². The van der Waals surface area contributed by atoms with E-state index in [1.807, 2.05) is 0 Å². The van der Waals surface area contributed by atoms with Gasteiger partial charge in [-0.05, 0) is 12.1 Å². The molecule has 4 heteroatoms. The molecule has 1 N–H and O–H groups in total. The zero-order valence-electron chi connectivity index (χ0n) is 7.29. The maximum Gasteiger partial charge on any atom is 0.153 e. The SMILES string of the molecule is O=Cc1cnn(-c2ccccc2O)c1. The van der Waals surface area contributed by atoms with Crippen molar-refractivity contribution >= 4 is 6.29 Å². The molecule has 0 aliphatic rings. The van der Waals surface area contributed by atoms with Gasteiger partial charge in [0.15, 0.2) is 6.29 Å². The van der Waals surface area contributed by atoms with Crippen LogP contribution in [0.1, 0.15) is 10.4 Å². The van der Waals surface area contributed by atoms with Gasteiger partial charge in [0.2, 0.25) is 0 Å². The third kappa shape index (κ3) is 1.37. The van der Waals surface area contributed by atoms with Crippen LogP contribution in [0.15, 0.2) is 36.7 Å². The van der Waals surface area contributed by atoms with Crippen LogP contribution in [0.2, 0.25) is 0 Å². The van der Waals surface area contributed by atoms with Gasteiger partial charge in [0.25, 0.3) is 0 Å². The number of phenols is 1. The van der Waals surface area contributed by atoms with Crippen LogP contribution >= 0.6 is 0 Å². The van der Waals surface area contributed by atoms with Gasteiger partial charge in [0.1, 0.15) is 11.4 Å². The number of carbonyl (C=O) groups excluding carboxylic acids is 1. The number of hydrogen-bond acceptors (Lipinski definition) is 3. The Balaban J connectivity index is 2.49. The molecule has 0 bridgehead atoms. The van der Waals surface area contributed by atoms with Gasteiger partial charge in [-0.15, -0.1) is 0 Å². The van der Waals surface area contributed by atoms with E-state index in [0.717, 1.165) is 0 Å². The lowest BCUT2D eigenvalue weighted by atomic mass is 10.3. The normalized spacial score (nSPS) is 10.0. The fraction of sp³-hybridized carbons (Fsp3) is 0. The topological polar surface area (TPSA) is 55.1 Å². The van der Waals surface area contributed by atoms with Crippen LogP contribution in [-0.2, 0) is 0 Å². The molecule has 14 heavy (non-hydrogen) atoms. The monoisotopic (exact) mass is 188 g/mol. The number of hydrogen-bond donors (Lipinski definition) is 1. The lowest BCUT2D eigenvalue weighted by Gasteiger charge is -2.02. The third-order valence-corrected chi connectivity index (χ3v) is 1.87. The van der Waals surface area contributed by atoms with Crippen molar-refractivity contribution in [3.05, 3.63) is 42.2 Å². The summed E-state index contributed by atoms with van der Waals surface area (Å²) in [5, 5.41) is 13.4. The van der Waals surface area contributed by atoms with Gasteiger partial charge in [0.05, 0.1) is 11.8 Å². The van der Waals surface area contributed by atoms with E-state index in [9.17, 15) is 9.90 Å². The van der Waals surface area contributed by atoms with Gasteiger partial charge in [-0.2, -0.15) is 5.10 Å². The molecule has 0 saturated carbocycles. The number of aromatic hydroxyl groups is 1. The first kappa shape index (κ1) is 8.50. The molecule has 0 radical (unpaired) electrons. The van der Waals surface area contributed by atoms with E-state index in [-0.39, 0.29) is 5.75 Å². The van der Waals surface area contributed by atoms with Crippen molar-refractivity contribution in [3.63, 3.8) is 0 Å². The summed E-state index contributed by atoms with van der Waals surface area (Å²) in [5.41, 5.74) is 1.04. The highest BCUT2D eigenvalue weighted by Gasteiger charge is 2.03. The first-order valence-electron chi connectivity index (χ1n) is 4.09. The van der Waals surface area contributed by atoms with Gasteiger partial charge in [-0.3, -0.25) is 4.79 Å². The number of nitrogens with zero attached hydrogens (tertiary/aromatic N) is 2. The molecule has 1 heterocycles. The summed E-state index contributed by atoms with van der Waals surface area (Å²) in [4.78, 5) is 10.4. The third-order valence-electron chi connectivity index (χ3n) is 1.87. The van der Waals surface area contributed by atoms with E-state index >= 15 is 0 Å². The van der Waals surface area contributed by atoms with Crippen molar-refractivity contribution in [1.82, 2.24) is 9.78 Å². The van der Waals surface area contributed by atoms with Crippen molar-refractivity contribution in [2.24, 2.45) is 0 Å². The van der Waals surface area contributed by atoms with Gasteiger partial charge < -0.3 is 5.11 Å². The molecule has 70 valence electrons. The molecule has 1 aromatic carbocycles. The minimum Gasteiger partial charge on any atom is -0.506 e. The summed E-state index contributed by atoms with van der Waals surface area (Å²) >= 11 is 0. The van der Waals surface area contributed by atoms with E-state index < -0.39 is 0 Å². The Labute approximate surface area is 80.4 Å². The predicted octanol–water partition coefficient (Wildman–Crippen LogP) is 1.39. The van der Waals surface area contributed by atoms with Crippen LogP contribution < -0.4 is 0 Å². The number of aldehydes is 1. The second-order valence-electron chi connectivity index (χ2n) is 2.82. The molecule has 0 fully saturated rings. The minimum absolute atomic E-state index is 0.132. The van der Waals surface area contributed by atoms with Crippen molar-refractivity contribution in [3.8, 4) is 11.4 Å². The van der Waals surface area contributed by atoms with Crippen molar-refractivity contribution < 1.29 is 9.90 Å². The van der Waals surface area contributed by atoms with Crippen molar-refractivity contribution in [2.75, 3.05) is 0 Å². The van der Waals surface area contributed by atoms with Crippen molar-refractivity contribution in [1.29, 1.82) is 0 Å². The Morgan fingerprint density at radius 3 is 2.79 bits per heavy atom. The molecule has 0 spiro atoms. The highest BCUT2D eigenvalue weighted by atomic mass is 16.3. The Hall–Kier alpha value is -2.10. The first-order valence-corrected chi connectivity index (χ1v) is 4.09. The molecule has 4 nitrogen and oxygen atoms in total. The zero-order valence-corrected chi connectivity index (χ0v) is 7.29. The quantitative estimate of drug-likeness (QED) is 0.724. The maximum absolute atomic E-state index is 10.4. The van der Waals surface area contributed by atoms with E-state index in [0.29, 0.717) is 17.5 Å². The van der Waals surface area contributed by atoms with Crippen LogP contribution in [-0.4, -0.2) is 21.2 Å². The summed E-state index contributed by atoms with van der Waals surface area (Å²) in [6.07, 6.45) is 3.71. The second-order valence-corrected chi connectivity index (χ2v) is 2.82. The van der Waals surface area contributed by atoms with Crippen LogP contribution in [0, 0.1) is 0 Å². The molecule has 0 atom stereocenters. The van der Waals surface area contributed by atoms with Crippen LogP contribution in [0.3, 0.4) is 0 Å². The fourth-order valence-electron chi connectivity index (χ4n) is 1.19. The molecular formula is C10H8N2O2. The highest BCUT2D eigenvalue weighted by molar-refractivity contribution is 5.73. The lowest BCUT2D eigenvalue weighted by Crippen LogP contribution is -1.93. The largest absolute Gasteiger partial charge is 0.506 e. The second kappa shape index (κ2) is 3.33. The molecule has 2 rings (SSSR count). The molecule has 2 aromatic rings. The number of aromatic nitrogens is 2. The first-order chi connectivity index (χ1) is 6.81. The molecule has 0 unspecified atom stereocenters. The summed E-state index contributed by atoms with van der Waals surface area (Å²) in [6.45, 7) is 0. The summed E-state index contributed by atoms with van der Waals surface area (Å²) < 4.78 is 1.46. The molecule has 1 aromatic heterocycles. The summed E-state index contributed by atoms with van der Waals surface area (Å²) in [7, 11) is 0. The molecule has 0 aliphatic carbocycles. The molecule has 0 amide bonds.